The van der Waals surface area contributed by atoms with Crippen molar-refractivity contribution < 1.29 is 14.3 Å². The number of carbonyl (C=O) groups is 2. The average Bonchev–Trinajstić information content (AvgIpc) is 2.88. The number of thioether (sulfide) groups is 1. The highest BCUT2D eigenvalue weighted by Gasteiger charge is 2.10. The van der Waals surface area contributed by atoms with E-state index >= 15 is 0 Å². The summed E-state index contributed by atoms with van der Waals surface area (Å²) in [5, 5.41) is 10.3. The van der Waals surface area contributed by atoms with E-state index in [1.807, 2.05) is 0 Å². The summed E-state index contributed by atoms with van der Waals surface area (Å²) in [4.78, 5) is 22.9. The molecule has 0 aliphatic carbocycles. The predicted octanol–water partition coefficient (Wildman–Crippen LogP) is 2.16. The molecule has 1 heterocycles. The van der Waals surface area contributed by atoms with Gasteiger partial charge in [0.25, 0.3) is 5.91 Å². The normalized spacial score (nSPS) is 10.4. The van der Waals surface area contributed by atoms with E-state index in [1.54, 1.807) is 0 Å². The zero-order valence-corrected chi connectivity index (χ0v) is 14.4. The van der Waals surface area contributed by atoms with Crippen molar-refractivity contribution in [1.29, 1.82) is 0 Å². The molecular weight excluding hydrogens is 330 g/mol. The van der Waals surface area contributed by atoms with E-state index < -0.39 is 5.97 Å². The van der Waals surface area contributed by atoms with Gasteiger partial charge in [0.15, 0.2) is 15.3 Å². The van der Waals surface area contributed by atoms with Gasteiger partial charge in [-0.15, -0.1) is 22.8 Å². The third-order valence-electron chi connectivity index (χ3n) is 2.43. The maximum absolute atomic E-state index is 11.5. The number of aromatic nitrogens is 2. The maximum atomic E-state index is 11.5. The van der Waals surface area contributed by atoms with E-state index in [0.29, 0.717) is 15.2 Å². The molecule has 0 saturated carbocycles. The van der Waals surface area contributed by atoms with E-state index in [9.17, 15) is 9.59 Å². The maximum Gasteiger partial charge on any atom is 0.316 e. The molecule has 1 aromatic heterocycles. The molecule has 1 aromatic rings. The van der Waals surface area contributed by atoms with Gasteiger partial charge in [-0.05, 0) is 6.42 Å². The number of carbonyl (C=O) groups excluding carboxylic acids is 2. The second-order valence-corrected chi connectivity index (χ2v) is 7.14. The lowest BCUT2D eigenvalue weighted by Gasteiger charge is -2.05. The van der Waals surface area contributed by atoms with Crippen LogP contribution in [0.5, 0.6) is 0 Å². The van der Waals surface area contributed by atoms with E-state index in [1.165, 1.54) is 29.5 Å². The molecule has 6 nitrogen and oxygen atoms in total. The Bertz CT molecular complexity index is 454. The largest absolute Gasteiger partial charge is 0.455 e. The van der Waals surface area contributed by atoms with Crippen LogP contribution in [0.2, 0.25) is 0 Å². The minimum Gasteiger partial charge on any atom is -0.455 e. The fourth-order valence-corrected chi connectivity index (χ4v) is 3.28. The van der Waals surface area contributed by atoms with Gasteiger partial charge in [0, 0.05) is 6.54 Å². The van der Waals surface area contributed by atoms with Gasteiger partial charge in [-0.1, -0.05) is 49.3 Å². The molecule has 0 saturated heterocycles. The van der Waals surface area contributed by atoms with Crippen LogP contribution < -0.4 is 5.32 Å². The molecule has 0 bridgehead atoms. The zero-order chi connectivity index (χ0) is 15.5. The third-order valence-corrected chi connectivity index (χ3v) is 4.62. The first kappa shape index (κ1) is 18.2. The second kappa shape index (κ2) is 10.9. The van der Waals surface area contributed by atoms with Crippen molar-refractivity contribution >= 4 is 47.6 Å². The minimum atomic E-state index is -0.447. The quantitative estimate of drug-likeness (QED) is 0.292. The van der Waals surface area contributed by atoms with Crippen LogP contribution in [0.1, 0.15) is 32.6 Å². The van der Waals surface area contributed by atoms with Crippen molar-refractivity contribution in [3.8, 4) is 0 Å². The summed E-state index contributed by atoms with van der Waals surface area (Å²) in [5.41, 5.74) is 0. The van der Waals surface area contributed by atoms with Crippen molar-refractivity contribution in [3.63, 3.8) is 0 Å². The Balaban J connectivity index is 2.05. The van der Waals surface area contributed by atoms with Crippen LogP contribution in [-0.4, -0.2) is 41.0 Å². The highest BCUT2D eigenvalue weighted by atomic mass is 32.2. The fourth-order valence-electron chi connectivity index (χ4n) is 1.40. The van der Waals surface area contributed by atoms with Crippen LogP contribution in [0, 0.1) is 0 Å². The van der Waals surface area contributed by atoms with Crippen LogP contribution in [0.4, 0.5) is 0 Å². The number of nitrogens with one attached hydrogen (secondary N) is 1. The molecule has 1 amide bonds. The Labute approximate surface area is 137 Å². The summed E-state index contributed by atoms with van der Waals surface area (Å²) in [6.45, 7) is 2.52. The number of esters is 1. The van der Waals surface area contributed by atoms with Crippen LogP contribution in [0.15, 0.2) is 8.68 Å². The molecule has 118 valence electrons. The lowest BCUT2D eigenvalue weighted by Crippen LogP contribution is -2.29. The number of amides is 1. The summed E-state index contributed by atoms with van der Waals surface area (Å²) in [6, 6.07) is 0. The smallest absolute Gasteiger partial charge is 0.316 e. The molecule has 0 atom stereocenters. The minimum absolute atomic E-state index is 0.103. The van der Waals surface area contributed by atoms with Gasteiger partial charge in [-0.3, -0.25) is 9.59 Å². The second-order valence-electron chi connectivity index (χ2n) is 4.21. The Morgan fingerprint density at radius 2 is 2.14 bits per heavy atom. The number of rotatable bonds is 10. The van der Waals surface area contributed by atoms with Crippen molar-refractivity contribution in [1.82, 2.24) is 15.5 Å². The van der Waals surface area contributed by atoms with Crippen molar-refractivity contribution in [2.45, 2.75) is 41.3 Å². The molecule has 0 aliphatic rings. The molecule has 0 aromatic carbocycles. The van der Waals surface area contributed by atoms with Crippen molar-refractivity contribution in [2.24, 2.45) is 0 Å². The molecule has 0 aliphatic heterocycles. The third kappa shape index (κ3) is 8.94. The van der Waals surface area contributed by atoms with Crippen molar-refractivity contribution in [3.05, 3.63) is 0 Å². The molecule has 0 unspecified atom stereocenters. The Hall–Kier alpha value is -0.800. The monoisotopic (exact) mass is 349 g/mol. The summed E-state index contributed by atoms with van der Waals surface area (Å²) in [5.74, 6) is -0.609. The first-order valence-electron chi connectivity index (χ1n) is 6.69. The summed E-state index contributed by atoms with van der Waals surface area (Å²) in [6.07, 6.45) is 4.38. The van der Waals surface area contributed by atoms with E-state index in [4.69, 9.17) is 4.74 Å². The molecule has 21 heavy (non-hydrogen) atoms. The first-order chi connectivity index (χ1) is 10.1. The van der Waals surface area contributed by atoms with Gasteiger partial charge in [-0.2, -0.15) is 0 Å². The Morgan fingerprint density at radius 1 is 1.33 bits per heavy atom. The zero-order valence-electron chi connectivity index (χ0n) is 11.8. The van der Waals surface area contributed by atoms with Crippen LogP contribution in [0.25, 0.3) is 0 Å². The van der Waals surface area contributed by atoms with Crippen LogP contribution in [-0.2, 0) is 14.3 Å². The number of thiol groups is 1. The predicted molar refractivity (Wildman–Crippen MR) is 86.0 cm³/mol. The SMILES string of the molecule is CCCCCCNC(=O)COC(=O)CSc1nnc(S)s1. The Kier molecular flexibility index (Phi) is 9.44. The Morgan fingerprint density at radius 3 is 2.81 bits per heavy atom. The van der Waals surface area contributed by atoms with Gasteiger partial charge in [0.05, 0.1) is 5.75 Å². The van der Waals surface area contributed by atoms with Gasteiger partial charge in [-0.25, -0.2) is 0 Å². The van der Waals surface area contributed by atoms with Gasteiger partial charge in [0.2, 0.25) is 0 Å². The lowest BCUT2D eigenvalue weighted by atomic mass is 10.2. The molecular formula is C12H19N3O3S3. The van der Waals surface area contributed by atoms with Crippen LogP contribution in [0.3, 0.4) is 0 Å². The van der Waals surface area contributed by atoms with E-state index in [-0.39, 0.29) is 18.3 Å². The molecule has 0 radical (unpaired) electrons. The fraction of sp³-hybridized carbons (Fsp3) is 0.667. The highest BCUT2D eigenvalue weighted by Crippen LogP contribution is 2.23. The molecule has 0 fully saturated rings. The number of unbranched alkanes of at least 4 members (excludes halogenated alkanes) is 3. The average molecular weight is 350 g/mol. The standard InChI is InChI=1S/C12H19N3O3S3/c1-2-3-4-5-6-13-9(16)7-18-10(17)8-20-12-15-14-11(19)21-12/h2-8H2,1H3,(H,13,16)(H,14,19). The molecule has 1 rings (SSSR count). The topological polar surface area (TPSA) is 81.2 Å². The molecule has 0 spiro atoms. The summed E-state index contributed by atoms with van der Waals surface area (Å²) in [7, 11) is 0. The van der Waals surface area contributed by atoms with Crippen molar-refractivity contribution in [2.75, 3.05) is 18.9 Å². The molecule has 1 N–H and O–H groups in total. The summed E-state index contributed by atoms with van der Waals surface area (Å²) >= 11 is 6.54. The number of ether oxygens (including phenoxy) is 1. The number of hydrogen-bond acceptors (Lipinski definition) is 8. The lowest BCUT2D eigenvalue weighted by molar-refractivity contribution is -0.145. The first-order valence-corrected chi connectivity index (χ1v) is 8.94. The van der Waals surface area contributed by atoms with Gasteiger partial charge in [0.1, 0.15) is 0 Å². The van der Waals surface area contributed by atoms with Gasteiger partial charge >= 0.3 is 5.97 Å². The highest BCUT2D eigenvalue weighted by molar-refractivity contribution is 8.01. The van der Waals surface area contributed by atoms with Crippen LogP contribution >= 0.6 is 35.7 Å². The van der Waals surface area contributed by atoms with E-state index in [2.05, 4.69) is 35.1 Å². The number of hydrogen-bond donors (Lipinski definition) is 2. The van der Waals surface area contributed by atoms with Gasteiger partial charge < -0.3 is 10.1 Å². The molecule has 9 heteroatoms. The number of nitrogens with zero attached hydrogens (tertiary/aromatic N) is 2. The summed E-state index contributed by atoms with van der Waals surface area (Å²) < 4.78 is 6.08. The van der Waals surface area contributed by atoms with E-state index in [0.717, 1.165) is 19.3 Å².